The van der Waals surface area contributed by atoms with Crippen LogP contribution in [0.1, 0.15) is 60.8 Å². The molecule has 0 unspecified atom stereocenters. The van der Waals surface area contributed by atoms with Gasteiger partial charge < -0.3 is 9.72 Å². The number of esters is 1. The number of ether oxygens (including phenoxy) is 1. The maximum atomic E-state index is 12.7. The van der Waals surface area contributed by atoms with Crippen LogP contribution in [0.25, 0.3) is 0 Å². The molecular formula is C15H24N2O4S. The highest BCUT2D eigenvalue weighted by molar-refractivity contribution is 7.89. The number of hydrogen-bond acceptors (Lipinski definition) is 4. The lowest BCUT2D eigenvalue weighted by atomic mass is 9.96. The van der Waals surface area contributed by atoms with E-state index in [1.54, 1.807) is 20.8 Å². The molecule has 0 amide bonds. The Hall–Kier alpha value is -1.34. The summed E-state index contributed by atoms with van der Waals surface area (Å²) in [4.78, 5) is 14.9. The van der Waals surface area contributed by atoms with E-state index in [9.17, 15) is 13.2 Å². The van der Waals surface area contributed by atoms with Crippen LogP contribution in [-0.2, 0) is 14.8 Å². The number of sulfonamides is 1. The van der Waals surface area contributed by atoms with Gasteiger partial charge in [0.15, 0.2) is 0 Å². The summed E-state index contributed by atoms with van der Waals surface area (Å²) < 4.78 is 33.0. The number of aromatic nitrogens is 1. The van der Waals surface area contributed by atoms with E-state index in [1.807, 2.05) is 0 Å². The molecule has 0 atom stereocenters. The standard InChI is InChI=1S/C15H24N2O4S/c1-4-21-15(18)13-10(2)14(11(3)16-13)22(19,20)17-12-8-6-5-7-9-12/h12,16-17H,4-9H2,1-3H3. The number of rotatable bonds is 5. The Kier molecular flexibility index (Phi) is 5.28. The van der Waals surface area contributed by atoms with Crippen molar-refractivity contribution in [2.24, 2.45) is 0 Å². The summed E-state index contributed by atoms with van der Waals surface area (Å²) >= 11 is 0. The van der Waals surface area contributed by atoms with Gasteiger partial charge in [-0.1, -0.05) is 19.3 Å². The molecule has 7 heteroatoms. The van der Waals surface area contributed by atoms with Crippen molar-refractivity contribution in [1.29, 1.82) is 0 Å². The molecule has 1 heterocycles. The Morgan fingerprint density at radius 2 is 1.91 bits per heavy atom. The Morgan fingerprint density at radius 3 is 2.50 bits per heavy atom. The van der Waals surface area contributed by atoms with Gasteiger partial charge >= 0.3 is 5.97 Å². The van der Waals surface area contributed by atoms with Crippen LogP contribution in [0.4, 0.5) is 0 Å². The second-order valence-corrected chi connectivity index (χ2v) is 7.41. The van der Waals surface area contributed by atoms with E-state index in [0.29, 0.717) is 11.3 Å². The molecule has 0 spiro atoms. The molecule has 1 aromatic rings. The first-order valence-electron chi connectivity index (χ1n) is 7.75. The Labute approximate surface area is 131 Å². The monoisotopic (exact) mass is 328 g/mol. The van der Waals surface area contributed by atoms with Gasteiger partial charge in [0, 0.05) is 17.3 Å². The van der Waals surface area contributed by atoms with Crippen molar-refractivity contribution in [2.45, 2.75) is 63.8 Å². The summed E-state index contributed by atoms with van der Waals surface area (Å²) in [5.41, 5.74) is 1.09. The Bertz CT molecular complexity index is 643. The molecule has 0 aromatic carbocycles. The van der Waals surface area contributed by atoms with Crippen LogP contribution in [0, 0.1) is 13.8 Å². The number of nitrogens with one attached hydrogen (secondary N) is 2. The highest BCUT2D eigenvalue weighted by atomic mass is 32.2. The molecule has 0 bridgehead atoms. The molecule has 0 radical (unpaired) electrons. The van der Waals surface area contributed by atoms with Crippen LogP contribution in [0.2, 0.25) is 0 Å². The minimum Gasteiger partial charge on any atom is -0.461 e. The largest absolute Gasteiger partial charge is 0.461 e. The van der Waals surface area contributed by atoms with Crippen molar-refractivity contribution in [3.63, 3.8) is 0 Å². The molecule has 0 saturated heterocycles. The van der Waals surface area contributed by atoms with Crippen LogP contribution in [0.15, 0.2) is 4.90 Å². The van der Waals surface area contributed by atoms with Gasteiger partial charge in [0.1, 0.15) is 10.6 Å². The Balaban J connectivity index is 2.28. The molecular weight excluding hydrogens is 304 g/mol. The van der Waals surface area contributed by atoms with Gasteiger partial charge in [-0.2, -0.15) is 0 Å². The SMILES string of the molecule is CCOC(=O)c1[nH]c(C)c(S(=O)(=O)NC2CCCCC2)c1C. The number of aromatic amines is 1. The first kappa shape index (κ1) is 17.0. The molecule has 1 saturated carbocycles. The molecule has 1 aliphatic carbocycles. The van der Waals surface area contributed by atoms with Gasteiger partial charge in [0.05, 0.1) is 6.61 Å². The van der Waals surface area contributed by atoms with E-state index in [0.717, 1.165) is 32.1 Å². The van der Waals surface area contributed by atoms with E-state index >= 15 is 0 Å². The Morgan fingerprint density at radius 1 is 1.27 bits per heavy atom. The molecule has 2 rings (SSSR count). The zero-order valence-electron chi connectivity index (χ0n) is 13.4. The summed E-state index contributed by atoms with van der Waals surface area (Å²) in [7, 11) is -3.64. The minimum absolute atomic E-state index is 0.0153. The third-order valence-electron chi connectivity index (χ3n) is 4.04. The van der Waals surface area contributed by atoms with Crippen LogP contribution in [-0.4, -0.2) is 32.0 Å². The van der Waals surface area contributed by atoms with Gasteiger partial charge in [-0.15, -0.1) is 0 Å². The number of aryl methyl sites for hydroxylation is 1. The van der Waals surface area contributed by atoms with E-state index in [1.165, 1.54) is 0 Å². The average Bonchev–Trinajstić information content (AvgIpc) is 2.75. The highest BCUT2D eigenvalue weighted by Crippen LogP contribution is 2.26. The first-order valence-corrected chi connectivity index (χ1v) is 9.23. The molecule has 6 nitrogen and oxygen atoms in total. The molecule has 1 aliphatic rings. The van der Waals surface area contributed by atoms with Crippen LogP contribution in [0.3, 0.4) is 0 Å². The zero-order valence-corrected chi connectivity index (χ0v) is 14.2. The molecule has 1 fully saturated rings. The summed E-state index contributed by atoms with van der Waals surface area (Å²) in [5.74, 6) is -0.526. The fourth-order valence-corrected chi connectivity index (χ4v) is 4.79. The number of carbonyl (C=O) groups excluding carboxylic acids is 1. The maximum Gasteiger partial charge on any atom is 0.355 e. The molecule has 2 N–H and O–H groups in total. The zero-order chi connectivity index (χ0) is 16.3. The van der Waals surface area contributed by atoms with Gasteiger partial charge in [0.2, 0.25) is 10.0 Å². The fraction of sp³-hybridized carbons (Fsp3) is 0.667. The average molecular weight is 328 g/mol. The van der Waals surface area contributed by atoms with Crippen LogP contribution in [0.5, 0.6) is 0 Å². The maximum absolute atomic E-state index is 12.7. The predicted octanol–water partition coefficient (Wildman–Crippen LogP) is 2.42. The number of hydrogen-bond donors (Lipinski definition) is 2. The molecule has 124 valence electrons. The third kappa shape index (κ3) is 3.52. The number of H-pyrrole nitrogens is 1. The van der Waals surface area contributed by atoms with Gasteiger partial charge in [-0.05, 0) is 33.6 Å². The van der Waals surface area contributed by atoms with E-state index in [2.05, 4.69) is 9.71 Å². The smallest absolute Gasteiger partial charge is 0.355 e. The van der Waals surface area contributed by atoms with Crippen molar-refractivity contribution in [3.8, 4) is 0 Å². The van der Waals surface area contributed by atoms with Crippen molar-refractivity contribution in [3.05, 3.63) is 17.0 Å². The quantitative estimate of drug-likeness (QED) is 0.813. The lowest BCUT2D eigenvalue weighted by molar-refractivity contribution is 0.0519. The summed E-state index contributed by atoms with van der Waals surface area (Å²) in [5, 5.41) is 0. The summed E-state index contributed by atoms with van der Waals surface area (Å²) in [6.07, 6.45) is 4.99. The van der Waals surface area contributed by atoms with Crippen molar-refractivity contribution < 1.29 is 17.9 Å². The minimum atomic E-state index is -3.64. The molecule has 22 heavy (non-hydrogen) atoms. The van der Waals surface area contributed by atoms with E-state index in [-0.39, 0.29) is 23.2 Å². The van der Waals surface area contributed by atoms with E-state index in [4.69, 9.17) is 4.74 Å². The van der Waals surface area contributed by atoms with Gasteiger partial charge in [0.25, 0.3) is 0 Å². The topological polar surface area (TPSA) is 88.3 Å². The summed E-state index contributed by atoms with van der Waals surface area (Å²) in [6.45, 7) is 5.25. The van der Waals surface area contributed by atoms with Gasteiger partial charge in [-0.25, -0.2) is 17.9 Å². The summed E-state index contributed by atoms with van der Waals surface area (Å²) in [6, 6.07) is -0.0153. The lowest BCUT2D eigenvalue weighted by Crippen LogP contribution is -2.36. The lowest BCUT2D eigenvalue weighted by Gasteiger charge is -2.22. The number of carbonyl (C=O) groups is 1. The first-order chi connectivity index (χ1) is 10.4. The molecule has 1 aromatic heterocycles. The van der Waals surface area contributed by atoms with Crippen molar-refractivity contribution >= 4 is 16.0 Å². The molecule has 0 aliphatic heterocycles. The predicted molar refractivity (Wildman–Crippen MR) is 83.4 cm³/mol. The van der Waals surface area contributed by atoms with Crippen LogP contribution < -0.4 is 4.72 Å². The second-order valence-electron chi connectivity index (χ2n) is 5.76. The third-order valence-corrected chi connectivity index (χ3v) is 5.84. The van der Waals surface area contributed by atoms with Gasteiger partial charge in [-0.3, -0.25) is 0 Å². The highest BCUT2D eigenvalue weighted by Gasteiger charge is 2.29. The van der Waals surface area contributed by atoms with E-state index < -0.39 is 16.0 Å². The second kappa shape index (κ2) is 6.83. The normalized spacial score (nSPS) is 16.7. The fourth-order valence-electron chi connectivity index (χ4n) is 3.04. The van der Waals surface area contributed by atoms with Crippen molar-refractivity contribution in [1.82, 2.24) is 9.71 Å². The van der Waals surface area contributed by atoms with Crippen LogP contribution >= 0.6 is 0 Å². The van der Waals surface area contributed by atoms with Crippen molar-refractivity contribution in [2.75, 3.05) is 6.61 Å².